The Morgan fingerprint density at radius 2 is 2.07 bits per heavy atom. The number of aliphatic hydroxyl groups excluding tert-OH is 1. The molecule has 0 radical (unpaired) electrons. The fraction of sp³-hybridized carbons (Fsp3) is 0.875. The number of hydrogen-bond donors (Lipinski definition) is 3. The highest BCUT2D eigenvalue weighted by Gasteiger charge is 2.27. The Bertz CT molecular complexity index is 207. The number of hydrogen-bond acceptors (Lipinski definition) is 3. The van der Waals surface area contributed by atoms with Gasteiger partial charge in [0.15, 0.2) is 0 Å². The smallest absolute Gasteiger partial charge is 0.389 e. The number of carbonyl (C=O) groups excluding carboxylic acids is 1. The minimum atomic E-state index is -4.33. The lowest BCUT2D eigenvalue weighted by atomic mass is 10.2. The summed E-state index contributed by atoms with van der Waals surface area (Å²) < 4.78 is 35.1. The van der Waals surface area contributed by atoms with Crippen LogP contribution in [0.3, 0.4) is 0 Å². The molecule has 0 aromatic carbocycles. The fourth-order valence-corrected chi connectivity index (χ4v) is 0.746. The standard InChI is InChI=1S/C8H15F3N2O2/c1-5(14)6(12)4-13-7(15)2-3-8(9,10)11/h5-6,14H,2-4,12H2,1H3,(H,13,15). The number of alkyl halides is 3. The Morgan fingerprint density at radius 1 is 1.53 bits per heavy atom. The van der Waals surface area contributed by atoms with Crippen molar-refractivity contribution in [3.8, 4) is 0 Å². The van der Waals surface area contributed by atoms with E-state index in [9.17, 15) is 18.0 Å². The van der Waals surface area contributed by atoms with Gasteiger partial charge in [-0.1, -0.05) is 0 Å². The van der Waals surface area contributed by atoms with E-state index in [1.807, 2.05) is 0 Å². The summed E-state index contributed by atoms with van der Waals surface area (Å²) in [5, 5.41) is 11.1. The van der Waals surface area contributed by atoms with Crippen LogP contribution >= 0.6 is 0 Å². The first kappa shape index (κ1) is 14.2. The summed E-state index contributed by atoms with van der Waals surface area (Å²) in [5.41, 5.74) is 5.36. The van der Waals surface area contributed by atoms with Gasteiger partial charge in [0, 0.05) is 19.0 Å². The molecule has 0 aliphatic heterocycles. The van der Waals surface area contributed by atoms with Crippen LogP contribution < -0.4 is 11.1 Å². The van der Waals surface area contributed by atoms with Crippen molar-refractivity contribution in [1.82, 2.24) is 5.32 Å². The zero-order valence-corrected chi connectivity index (χ0v) is 8.34. The Hall–Kier alpha value is -0.820. The van der Waals surface area contributed by atoms with Gasteiger partial charge in [-0.05, 0) is 6.92 Å². The van der Waals surface area contributed by atoms with Gasteiger partial charge in [0.2, 0.25) is 5.91 Å². The first-order valence-corrected chi connectivity index (χ1v) is 4.49. The van der Waals surface area contributed by atoms with Crippen molar-refractivity contribution in [1.29, 1.82) is 0 Å². The summed E-state index contributed by atoms with van der Waals surface area (Å²) in [6, 6.07) is -0.667. The second-order valence-electron chi connectivity index (χ2n) is 3.32. The number of rotatable bonds is 5. The summed E-state index contributed by atoms with van der Waals surface area (Å²) in [6.45, 7) is 1.40. The summed E-state index contributed by atoms with van der Waals surface area (Å²) in [5.74, 6) is -0.719. The third kappa shape index (κ3) is 8.19. The molecule has 2 unspecified atom stereocenters. The van der Waals surface area contributed by atoms with Crippen LogP contribution in [0.25, 0.3) is 0 Å². The van der Waals surface area contributed by atoms with Gasteiger partial charge in [0.25, 0.3) is 0 Å². The SMILES string of the molecule is CC(O)C(N)CNC(=O)CCC(F)(F)F. The molecule has 0 aromatic rings. The highest BCUT2D eigenvalue weighted by atomic mass is 19.4. The first-order chi connectivity index (χ1) is 6.72. The minimum absolute atomic E-state index is 0.0334. The molecule has 7 heteroatoms. The van der Waals surface area contributed by atoms with E-state index in [0.29, 0.717) is 0 Å². The topological polar surface area (TPSA) is 75.3 Å². The summed E-state index contributed by atoms with van der Waals surface area (Å²) in [7, 11) is 0. The highest BCUT2D eigenvalue weighted by molar-refractivity contribution is 5.75. The predicted molar refractivity (Wildman–Crippen MR) is 48.0 cm³/mol. The maximum Gasteiger partial charge on any atom is 0.389 e. The molecule has 0 heterocycles. The van der Waals surface area contributed by atoms with E-state index in [-0.39, 0.29) is 6.54 Å². The molecule has 1 amide bonds. The second kappa shape index (κ2) is 5.92. The fourth-order valence-electron chi connectivity index (χ4n) is 0.746. The summed E-state index contributed by atoms with van der Waals surface area (Å²) >= 11 is 0. The third-order valence-electron chi connectivity index (χ3n) is 1.79. The van der Waals surface area contributed by atoms with Crippen LogP contribution in [0, 0.1) is 0 Å². The van der Waals surface area contributed by atoms with E-state index < -0.39 is 37.1 Å². The zero-order chi connectivity index (χ0) is 12.1. The number of aliphatic hydroxyl groups is 1. The molecule has 0 aliphatic carbocycles. The molecule has 0 saturated heterocycles. The van der Waals surface area contributed by atoms with E-state index in [1.165, 1.54) is 6.92 Å². The van der Waals surface area contributed by atoms with Crippen molar-refractivity contribution >= 4 is 5.91 Å². The largest absolute Gasteiger partial charge is 0.392 e. The molecular weight excluding hydrogens is 213 g/mol. The molecule has 15 heavy (non-hydrogen) atoms. The van der Waals surface area contributed by atoms with Gasteiger partial charge in [-0.2, -0.15) is 13.2 Å². The Kier molecular flexibility index (Phi) is 5.59. The van der Waals surface area contributed by atoms with Gasteiger partial charge >= 0.3 is 6.18 Å². The third-order valence-corrected chi connectivity index (χ3v) is 1.79. The average molecular weight is 228 g/mol. The monoisotopic (exact) mass is 228 g/mol. The lowest BCUT2D eigenvalue weighted by molar-refractivity contribution is -0.144. The quantitative estimate of drug-likeness (QED) is 0.627. The van der Waals surface area contributed by atoms with Crippen molar-refractivity contribution in [2.24, 2.45) is 5.73 Å². The van der Waals surface area contributed by atoms with Gasteiger partial charge in [-0.25, -0.2) is 0 Å². The van der Waals surface area contributed by atoms with E-state index in [1.54, 1.807) is 0 Å². The van der Waals surface area contributed by atoms with Crippen molar-refractivity contribution < 1.29 is 23.1 Å². The van der Waals surface area contributed by atoms with Gasteiger partial charge < -0.3 is 16.2 Å². The van der Waals surface area contributed by atoms with Crippen LogP contribution in [0.1, 0.15) is 19.8 Å². The Labute approximate surface area is 85.6 Å². The molecule has 4 N–H and O–H groups in total. The van der Waals surface area contributed by atoms with E-state index in [2.05, 4.69) is 5.32 Å². The summed E-state index contributed by atoms with van der Waals surface area (Å²) in [4.78, 5) is 10.9. The molecule has 0 bridgehead atoms. The van der Waals surface area contributed by atoms with E-state index in [4.69, 9.17) is 10.8 Å². The van der Waals surface area contributed by atoms with E-state index in [0.717, 1.165) is 0 Å². The molecular formula is C8H15F3N2O2. The molecule has 0 rings (SSSR count). The average Bonchev–Trinajstić information content (AvgIpc) is 2.09. The Balaban J connectivity index is 3.67. The molecule has 90 valence electrons. The molecule has 2 atom stereocenters. The minimum Gasteiger partial charge on any atom is -0.392 e. The molecule has 0 fully saturated rings. The second-order valence-corrected chi connectivity index (χ2v) is 3.32. The predicted octanol–water partition coefficient (Wildman–Crippen LogP) is 0.153. The number of nitrogens with two attached hydrogens (primary N) is 1. The molecule has 0 spiro atoms. The van der Waals surface area contributed by atoms with Gasteiger partial charge in [-0.15, -0.1) is 0 Å². The van der Waals surface area contributed by atoms with Crippen LogP contribution in [0.15, 0.2) is 0 Å². The van der Waals surface area contributed by atoms with Crippen LogP contribution in [0.4, 0.5) is 13.2 Å². The van der Waals surface area contributed by atoms with Gasteiger partial charge in [0.1, 0.15) is 0 Å². The Morgan fingerprint density at radius 3 is 2.47 bits per heavy atom. The number of amides is 1. The molecule has 0 saturated carbocycles. The normalized spacial score (nSPS) is 15.9. The summed E-state index contributed by atoms with van der Waals surface area (Å²) in [6.07, 6.45) is -6.91. The number of halogens is 3. The van der Waals surface area contributed by atoms with Crippen molar-refractivity contribution in [2.45, 2.75) is 38.1 Å². The molecule has 0 aromatic heterocycles. The first-order valence-electron chi connectivity index (χ1n) is 4.49. The van der Waals surface area contributed by atoms with Crippen molar-refractivity contribution in [3.05, 3.63) is 0 Å². The zero-order valence-electron chi connectivity index (χ0n) is 8.34. The number of nitrogens with one attached hydrogen (secondary N) is 1. The van der Waals surface area contributed by atoms with Crippen molar-refractivity contribution in [3.63, 3.8) is 0 Å². The van der Waals surface area contributed by atoms with Crippen LogP contribution in [-0.4, -0.2) is 35.9 Å². The van der Waals surface area contributed by atoms with Crippen LogP contribution in [0.2, 0.25) is 0 Å². The van der Waals surface area contributed by atoms with Crippen molar-refractivity contribution in [2.75, 3.05) is 6.54 Å². The highest BCUT2D eigenvalue weighted by Crippen LogP contribution is 2.20. The maximum atomic E-state index is 11.7. The van der Waals surface area contributed by atoms with Gasteiger partial charge in [0.05, 0.1) is 12.5 Å². The molecule has 4 nitrogen and oxygen atoms in total. The van der Waals surface area contributed by atoms with Crippen LogP contribution in [-0.2, 0) is 4.79 Å². The lowest BCUT2D eigenvalue weighted by Crippen LogP contribution is -2.43. The molecule has 0 aliphatic rings. The van der Waals surface area contributed by atoms with E-state index >= 15 is 0 Å². The lowest BCUT2D eigenvalue weighted by Gasteiger charge is -2.15. The van der Waals surface area contributed by atoms with Crippen LogP contribution in [0.5, 0.6) is 0 Å². The number of carbonyl (C=O) groups is 1. The van der Waals surface area contributed by atoms with Gasteiger partial charge in [-0.3, -0.25) is 4.79 Å². The maximum absolute atomic E-state index is 11.7.